The van der Waals surface area contributed by atoms with Gasteiger partial charge in [-0.25, -0.2) is 9.97 Å². The predicted octanol–water partition coefficient (Wildman–Crippen LogP) is 3.52. The van der Waals surface area contributed by atoms with Crippen LogP contribution in [0.1, 0.15) is 40.9 Å². The molecule has 6 heteroatoms. The number of rotatable bonds is 4. The minimum atomic E-state index is -0.478. The van der Waals surface area contributed by atoms with Gasteiger partial charge in [0.25, 0.3) is 5.91 Å². The van der Waals surface area contributed by atoms with Gasteiger partial charge in [0.1, 0.15) is 10.8 Å². The van der Waals surface area contributed by atoms with Crippen LogP contribution in [0.4, 0.5) is 0 Å². The largest absolute Gasteiger partial charge is 0.391 e. The molecule has 5 nitrogen and oxygen atoms in total. The molecular weight excluding hydrogens is 362 g/mol. The minimum Gasteiger partial charge on any atom is -0.391 e. The number of carbonyl (C=O) groups excluding carboxylic acids is 1. The first-order valence-electron chi connectivity index (χ1n) is 9.08. The predicted molar refractivity (Wildman–Crippen MR) is 105 cm³/mol. The molecule has 2 atom stereocenters. The normalized spacial score (nSPS) is 19.3. The number of benzene rings is 1. The summed E-state index contributed by atoms with van der Waals surface area (Å²) in [6.07, 6.45) is 4.33. The lowest BCUT2D eigenvalue weighted by atomic mass is 10.0. The smallest absolute Gasteiger partial charge is 0.270 e. The molecule has 0 spiro atoms. The molecule has 2 aromatic heterocycles. The molecule has 0 aliphatic heterocycles. The highest BCUT2D eigenvalue weighted by Gasteiger charge is 2.27. The summed E-state index contributed by atoms with van der Waals surface area (Å²) in [6.45, 7) is 0. The van der Waals surface area contributed by atoms with Crippen molar-refractivity contribution in [2.75, 3.05) is 0 Å². The Hall–Kier alpha value is -2.50. The van der Waals surface area contributed by atoms with E-state index >= 15 is 0 Å². The Labute approximate surface area is 162 Å². The van der Waals surface area contributed by atoms with Crippen LogP contribution in [0.2, 0.25) is 5.15 Å². The summed E-state index contributed by atoms with van der Waals surface area (Å²) >= 11 is 5.87. The van der Waals surface area contributed by atoms with Gasteiger partial charge >= 0.3 is 0 Å². The molecule has 1 saturated carbocycles. The van der Waals surface area contributed by atoms with Gasteiger partial charge in [0.2, 0.25) is 0 Å². The van der Waals surface area contributed by atoms with Crippen LogP contribution in [0.25, 0.3) is 10.9 Å². The molecule has 0 radical (unpaired) electrons. The molecule has 3 aromatic rings. The van der Waals surface area contributed by atoms with Gasteiger partial charge in [-0.15, -0.1) is 0 Å². The third-order valence-electron chi connectivity index (χ3n) is 5.01. The lowest BCUT2D eigenvalue weighted by molar-refractivity contribution is 0.0868. The molecule has 1 aromatic carbocycles. The molecule has 1 aliphatic rings. The number of amides is 1. The Morgan fingerprint density at radius 1 is 1.22 bits per heavy atom. The van der Waals surface area contributed by atoms with Crippen LogP contribution in [-0.2, 0) is 6.42 Å². The van der Waals surface area contributed by atoms with Crippen LogP contribution in [0, 0.1) is 0 Å². The van der Waals surface area contributed by atoms with E-state index in [2.05, 4.69) is 15.3 Å². The van der Waals surface area contributed by atoms with E-state index in [4.69, 9.17) is 11.6 Å². The Bertz CT molecular complexity index is 975. The number of pyridine rings is 2. The number of halogens is 1. The van der Waals surface area contributed by atoms with E-state index in [-0.39, 0.29) is 11.9 Å². The third kappa shape index (κ3) is 3.94. The first-order valence-corrected chi connectivity index (χ1v) is 9.46. The number of carbonyl (C=O) groups is 1. The van der Waals surface area contributed by atoms with E-state index in [0.717, 1.165) is 41.3 Å². The van der Waals surface area contributed by atoms with Gasteiger partial charge in [0, 0.05) is 11.6 Å². The van der Waals surface area contributed by atoms with Crippen molar-refractivity contribution in [3.05, 3.63) is 70.6 Å². The monoisotopic (exact) mass is 381 g/mol. The molecule has 138 valence electrons. The zero-order valence-electron chi connectivity index (χ0n) is 14.7. The molecule has 1 aliphatic carbocycles. The van der Waals surface area contributed by atoms with Gasteiger partial charge in [0.15, 0.2) is 0 Å². The number of hydrogen-bond acceptors (Lipinski definition) is 4. The summed E-state index contributed by atoms with van der Waals surface area (Å²) in [7, 11) is 0. The third-order valence-corrected chi connectivity index (χ3v) is 5.24. The highest BCUT2D eigenvalue weighted by Crippen LogP contribution is 2.23. The summed E-state index contributed by atoms with van der Waals surface area (Å²) in [5.41, 5.74) is 3.15. The second kappa shape index (κ2) is 7.62. The number of para-hydroxylation sites is 1. The summed E-state index contributed by atoms with van der Waals surface area (Å²) in [6, 6.07) is 13.1. The van der Waals surface area contributed by atoms with E-state index < -0.39 is 6.10 Å². The van der Waals surface area contributed by atoms with Crippen LogP contribution < -0.4 is 5.32 Å². The van der Waals surface area contributed by atoms with E-state index in [1.54, 1.807) is 12.3 Å². The fourth-order valence-corrected chi connectivity index (χ4v) is 3.70. The number of nitrogens with one attached hydrogen (secondary N) is 1. The number of nitrogens with zero attached hydrogens (tertiary/aromatic N) is 2. The molecule has 0 saturated heterocycles. The Morgan fingerprint density at radius 3 is 2.81 bits per heavy atom. The maximum atomic E-state index is 12.7. The Kier molecular flexibility index (Phi) is 5.05. The van der Waals surface area contributed by atoms with E-state index in [1.165, 1.54) is 0 Å². The fraction of sp³-hybridized carbons (Fsp3) is 0.286. The van der Waals surface area contributed by atoms with Crippen molar-refractivity contribution in [1.29, 1.82) is 0 Å². The van der Waals surface area contributed by atoms with Crippen LogP contribution >= 0.6 is 11.6 Å². The maximum Gasteiger partial charge on any atom is 0.270 e. The van der Waals surface area contributed by atoms with Gasteiger partial charge in [-0.05, 0) is 55.0 Å². The van der Waals surface area contributed by atoms with E-state index in [9.17, 15) is 9.90 Å². The van der Waals surface area contributed by atoms with Gasteiger partial charge in [0.05, 0.1) is 17.7 Å². The summed E-state index contributed by atoms with van der Waals surface area (Å²) in [5, 5.41) is 14.4. The average Bonchev–Trinajstić information content (AvgIpc) is 3.08. The molecule has 0 bridgehead atoms. The van der Waals surface area contributed by atoms with Gasteiger partial charge in [-0.2, -0.15) is 0 Å². The second-order valence-corrected chi connectivity index (χ2v) is 7.32. The highest BCUT2D eigenvalue weighted by molar-refractivity contribution is 6.29. The highest BCUT2D eigenvalue weighted by atomic mass is 35.5. The fourth-order valence-electron chi connectivity index (χ4n) is 3.59. The molecule has 1 amide bonds. The standard InChI is InChI=1S/C21H20ClN3O2/c22-20-9-8-13(12-23-20)10-14-11-18(24-16-5-2-1-4-15(14)16)21(27)25-17-6-3-7-19(17)26/h1-2,4-5,8-9,11-12,17,19,26H,3,6-7,10H2,(H,25,27)/t17-,19+/m0/s1. The molecule has 2 heterocycles. The zero-order valence-corrected chi connectivity index (χ0v) is 15.5. The van der Waals surface area contributed by atoms with Crippen molar-refractivity contribution in [2.24, 2.45) is 0 Å². The van der Waals surface area contributed by atoms with Crippen LogP contribution in [0.15, 0.2) is 48.7 Å². The average molecular weight is 382 g/mol. The Morgan fingerprint density at radius 2 is 2.07 bits per heavy atom. The SMILES string of the molecule is O=C(N[C@H]1CCC[C@H]1O)c1cc(Cc2ccc(Cl)nc2)c2ccccc2n1. The summed E-state index contributed by atoms with van der Waals surface area (Å²) in [4.78, 5) is 21.4. The lowest BCUT2D eigenvalue weighted by Gasteiger charge is -2.17. The van der Waals surface area contributed by atoms with Gasteiger partial charge < -0.3 is 10.4 Å². The molecule has 4 rings (SSSR count). The van der Waals surface area contributed by atoms with Gasteiger partial charge in [-0.1, -0.05) is 35.9 Å². The first-order chi connectivity index (χ1) is 13.1. The summed E-state index contributed by atoms with van der Waals surface area (Å²) < 4.78 is 0. The second-order valence-electron chi connectivity index (χ2n) is 6.93. The molecule has 0 unspecified atom stereocenters. The molecule has 1 fully saturated rings. The van der Waals surface area contributed by atoms with Crippen molar-refractivity contribution in [3.8, 4) is 0 Å². The molecule has 27 heavy (non-hydrogen) atoms. The zero-order chi connectivity index (χ0) is 18.8. The van der Waals surface area contributed by atoms with Crippen LogP contribution in [0.3, 0.4) is 0 Å². The van der Waals surface area contributed by atoms with E-state index in [1.807, 2.05) is 36.4 Å². The van der Waals surface area contributed by atoms with E-state index in [0.29, 0.717) is 17.3 Å². The Balaban J connectivity index is 1.67. The minimum absolute atomic E-state index is 0.199. The first kappa shape index (κ1) is 17.9. The van der Waals surface area contributed by atoms with Crippen molar-refractivity contribution in [2.45, 2.75) is 37.8 Å². The van der Waals surface area contributed by atoms with Crippen LogP contribution in [-0.4, -0.2) is 33.1 Å². The summed E-state index contributed by atoms with van der Waals surface area (Å²) in [5.74, 6) is -0.248. The lowest BCUT2D eigenvalue weighted by Crippen LogP contribution is -2.40. The van der Waals surface area contributed by atoms with Crippen molar-refractivity contribution in [1.82, 2.24) is 15.3 Å². The number of fused-ring (bicyclic) bond motifs is 1. The topological polar surface area (TPSA) is 75.1 Å². The molecular formula is C21H20ClN3O2. The van der Waals surface area contributed by atoms with Gasteiger partial charge in [-0.3, -0.25) is 4.79 Å². The van der Waals surface area contributed by atoms with Crippen molar-refractivity contribution >= 4 is 28.4 Å². The number of hydrogen-bond donors (Lipinski definition) is 2. The van der Waals surface area contributed by atoms with Crippen LogP contribution in [0.5, 0.6) is 0 Å². The van der Waals surface area contributed by atoms with Crippen molar-refractivity contribution < 1.29 is 9.90 Å². The van der Waals surface area contributed by atoms with Crippen molar-refractivity contribution in [3.63, 3.8) is 0 Å². The number of aliphatic hydroxyl groups is 1. The quantitative estimate of drug-likeness (QED) is 0.678. The number of aromatic nitrogens is 2. The maximum absolute atomic E-state index is 12.7. The molecule has 2 N–H and O–H groups in total. The number of aliphatic hydroxyl groups excluding tert-OH is 1.